The molecule has 1 atom stereocenters. The highest BCUT2D eigenvalue weighted by Crippen LogP contribution is 2.18. The monoisotopic (exact) mass is 380 g/mol. The molecule has 1 heterocycles. The Morgan fingerprint density at radius 3 is 2.54 bits per heavy atom. The van der Waals surface area contributed by atoms with E-state index in [0.717, 1.165) is 43.6 Å². The first kappa shape index (κ1) is 20.0. The lowest BCUT2D eigenvalue weighted by atomic mass is 9.97. The predicted molar refractivity (Wildman–Crippen MR) is 109 cm³/mol. The number of carbonyl (C=O) groups excluding carboxylic acids is 2. The lowest BCUT2D eigenvalue weighted by molar-refractivity contribution is -0.123. The topological polar surface area (TPSA) is 101 Å². The quantitative estimate of drug-likeness (QED) is 0.681. The summed E-state index contributed by atoms with van der Waals surface area (Å²) in [5.41, 5.74) is 14.9. The molecule has 0 spiro atoms. The summed E-state index contributed by atoms with van der Waals surface area (Å²) in [6.45, 7) is 3.41. The van der Waals surface area contributed by atoms with Gasteiger partial charge in [0, 0.05) is 31.7 Å². The van der Waals surface area contributed by atoms with Gasteiger partial charge < -0.3 is 16.8 Å². The highest BCUT2D eigenvalue weighted by atomic mass is 16.2. The first-order valence-electron chi connectivity index (χ1n) is 9.72. The minimum atomic E-state index is -0.208. The Kier molecular flexibility index (Phi) is 6.79. The number of benzene rings is 2. The molecule has 6 nitrogen and oxygen atoms in total. The van der Waals surface area contributed by atoms with Crippen molar-refractivity contribution in [3.63, 3.8) is 0 Å². The van der Waals surface area contributed by atoms with E-state index in [1.807, 2.05) is 24.3 Å². The van der Waals surface area contributed by atoms with Gasteiger partial charge in [-0.05, 0) is 48.2 Å². The van der Waals surface area contributed by atoms with Gasteiger partial charge in [-0.3, -0.25) is 14.5 Å². The van der Waals surface area contributed by atoms with Gasteiger partial charge in [0.25, 0.3) is 5.91 Å². The van der Waals surface area contributed by atoms with Crippen molar-refractivity contribution in [2.24, 2.45) is 17.4 Å². The first-order valence-corrected chi connectivity index (χ1v) is 9.72. The van der Waals surface area contributed by atoms with Crippen molar-refractivity contribution in [3.8, 4) is 0 Å². The van der Waals surface area contributed by atoms with E-state index >= 15 is 0 Å². The molecule has 1 aliphatic heterocycles. The number of primary amides is 1. The molecule has 2 amide bonds. The number of likely N-dealkylation sites (tertiary alicyclic amines) is 1. The van der Waals surface area contributed by atoms with Crippen molar-refractivity contribution in [2.45, 2.75) is 32.5 Å². The van der Waals surface area contributed by atoms with Crippen LogP contribution in [0.15, 0.2) is 48.5 Å². The molecule has 28 heavy (non-hydrogen) atoms. The molecule has 148 valence electrons. The standard InChI is InChI=1S/C22H28N4O2/c23-12-16-6-8-19(9-7-16)22(28)25-13-17-3-1-4-18(11-17)14-26-10-2-5-20(15-26)21(24)27/h1,3-4,6-9,11,20H,2,5,10,12-15,23H2,(H2,24,27)(H,25,28). The van der Waals surface area contributed by atoms with Gasteiger partial charge in [0.2, 0.25) is 5.91 Å². The number of nitrogens with two attached hydrogens (primary N) is 2. The number of hydrogen-bond donors (Lipinski definition) is 3. The van der Waals surface area contributed by atoms with Gasteiger partial charge >= 0.3 is 0 Å². The molecule has 3 rings (SSSR count). The Bertz CT molecular complexity index is 820. The Hall–Kier alpha value is -2.70. The van der Waals surface area contributed by atoms with Crippen LogP contribution in [-0.2, 0) is 24.4 Å². The molecule has 2 aromatic carbocycles. The van der Waals surface area contributed by atoms with Crippen LogP contribution in [0.2, 0.25) is 0 Å². The zero-order valence-electron chi connectivity index (χ0n) is 16.1. The van der Waals surface area contributed by atoms with Crippen LogP contribution in [-0.4, -0.2) is 29.8 Å². The average molecular weight is 380 g/mol. The fourth-order valence-corrected chi connectivity index (χ4v) is 3.60. The fraction of sp³-hybridized carbons (Fsp3) is 0.364. The zero-order valence-corrected chi connectivity index (χ0v) is 16.1. The molecule has 1 aliphatic rings. The maximum absolute atomic E-state index is 12.3. The Morgan fingerprint density at radius 2 is 1.82 bits per heavy atom. The van der Waals surface area contributed by atoms with Gasteiger partial charge in [-0.2, -0.15) is 0 Å². The molecule has 0 saturated carbocycles. The molecule has 0 bridgehead atoms. The van der Waals surface area contributed by atoms with Gasteiger partial charge in [-0.25, -0.2) is 0 Å². The van der Waals surface area contributed by atoms with Crippen LogP contribution in [0.4, 0.5) is 0 Å². The third kappa shape index (κ3) is 5.41. The average Bonchev–Trinajstić information content (AvgIpc) is 2.72. The highest BCUT2D eigenvalue weighted by molar-refractivity contribution is 5.94. The number of rotatable bonds is 7. The largest absolute Gasteiger partial charge is 0.369 e. The Balaban J connectivity index is 1.55. The van der Waals surface area contributed by atoms with Gasteiger partial charge in [-0.15, -0.1) is 0 Å². The number of amides is 2. The van der Waals surface area contributed by atoms with E-state index < -0.39 is 0 Å². The van der Waals surface area contributed by atoms with Crippen molar-refractivity contribution < 1.29 is 9.59 Å². The first-order chi connectivity index (χ1) is 13.5. The third-order valence-corrected chi connectivity index (χ3v) is 5.21. The minimum absolute atomic E-state index is 0.0538. The molecular formula is C22H28N4O2. The van der Waals surface area contributed by atoms with Crippen molar-refractivity contribution in [3.05, 3.63) is 70.8 Å². The summed E-state index contributed by atoms with van der Waals surface area (Å²) in [5, 5.41) is 2.96. The number of piperidine rings is 1. The normalized spacial score (nSPS) is 17.2. The summed E-state index contributed by atoms with van der Waals surface area (Å²) in [6, 6.07) is 15.5. The number of nitrogens with one attached hydrogen (secondary N) is 1. The number of carbonyl (C=O) groups is 2. The van der Waals surface area contributed by atoms with E-state index in [4.69, 9.17) is 11.5 Å². The van der Waals surface area contributed by atoms with E-state index in [-0.39, 0.29) is 17.7 Å². The number of hydrogen-bond acceptors (Lipinski definition) is 4. The molecule has 1 fully saturated rings. The van der Waals surface area contributed by atoms with Gasteiger partial charge in [-0.1, -0.05) is 36.4 Å². The second-order valence-corrected chi connectivity index (χ2v) is 7.38. The summed E-state index contributed by atoms with van der Waals surface area (Å²) in [4.78, 5) is 26.1. The van der Waals surface area contributed by atoms with E-state index in [0.29, 0.717) is 18.7 Å². The molecular weight excluding hydrogens is 352 g/mol. The van der Waals surface area contributed by atoms with Crippen LogP contribution in [0, 0.1) is 5.92 Å². The van der Waals surface area contributed by atoms with E-state index in [9.17, 15) is 9.59 Å². The molecule has 2 aromatic rings. The second-order valence-electron chi connectivity index (χ2n) is 7.38. The SMILES string of the molecule is NCc1ccc(C(=O)NCc2cccc(CN3CCCC(C(N)=O)C3)c2)cc1. The summed E-state index contributed by atoms with van der Waals surface area (Å²) < 4.78 is 0. The zero-order chi connectivity index (χ0) is 19.9. The van der Waals surface area contributed by atoms with Crippen molar-refractivity contribution in [1.82, 2.24) is 10.2 Å². The highest BCUT2D eigenvalue weighted by Gasteiger charge is 2.23. The molecule has 5 N–H and O–H groups in total. The van der Waals surface area contributed by atoms with Crippen LogP contribution >= 0.6 is 0 Å². The maximum Gasteiger partial charge on any atom is 0.251 e. The van der Waals surface area contributed by atoms with Crippen molar-refractivity contribution >= 4 is 11.8 Å². The molecule has 1 saturated heterocycles. The Morgan fingerprint density at radius 1 is 1.07 bits per heavy atom. The van der Waals surface area contributed by atoms with Crippen molar-refractivity contribution in [2.75, 3.05) is 13.1 Å². The van der Waals surface area contributed by atoms with Gasteiger partial charge in [0.15, 0.2) is 0 Å². The molecule has 0 aliphatic carbocycles. The lowest BCUT2D eigenvalue weighted by Gasteiger charge is -2.31. The molecule has 6 heteroatoms. The minimum Gasteiger partial charge on any atom is -0.369 e. The van der Waals surface area contributed by atoms with E-state index in [1.54, 1.807) is 12.1 Å². The van der Waals surface area contributed by atoms with E-state index in [1.165, 1.54) is 5.56 Å². The predicted octanol–water partition coefficient (Wildman–Crippen LogP) is 1.77. The smallest absolute Gasteiger partial charge is 0.251 e. The fourth-order valence-electron chi connectivity index (χ4n) is 3.60. The summed E-state index contributed by atoms with van der Waals surface area (Å²) >= 11 is 0. The van der Waals surface area contributed by atoms with Crippen LogP contribution in [0.25, 0.3) is 0 Å². The Labute approximate surface area is 165 Å². The van der Waals surface area contributed by atoms with Crippen LogP contribution < -0.4 is 16.8 Å². The van der Waals surface area contributed by atoms with Crippen molar-refractivity contribution in [1.29, 1.82) is 0 Å². The molecule has 0 aromatic heterocycles. The molecule has 1 unspecified atom stereocenters. The maximum atomic E-state index is 12.3. The summed E-state index contributed by atoms with van der Waals surface area (Å²) in [5.74, 6) is -0.364. The van der Waals surface area contributed by atoms with Gasteiger partial charge in [0.05, 0.1) is 5.92 Å². The van der Waals surface area contributed by atoms with Gasteiger partial charge in [0.1, 0.15) is 0 Å². The second kappa shape index (κ2) is 9.48. The van der Waals surface area contributed by atoms with Crippen LogP contribution in [0.3, 0.4) is 0 Å². The lowest BCUT2D eigenvalue weighted by Crippen LogP contribution is -2.40. The summed E-state index contributed by atoms with van der Waals surface area (Å²) in [6.07, 6.45) is 1.87. The van der Waals surface area contributed by atoms with Crippen LogP contribution in [0.5, 0.6) is 0 Å². The number of nitrogens with zero attached hydrogens (tertiary/aromatic N) is 1. The van der Waals surface area contributed by atoms with Crippen LogP contribution in [0.1, 0.15) is 39.9 Å². The third-order valence-electron chi connectivity index (χ3n) is 5.21. The summed E-state index contributed by atoms with van der Waals surface area (Å²) in [7, 11) is 0. The van der Waals surface area contributed by atoms with E-state index in [2.05, 4.69) is 22.3 Å². The molecule has 0 radical (unpaired) electrons.